The largest absolute Gasteiger partial charge is 0.392 e. The highest BCUT2D eigenvalue weighted by molar-refractivity contribution is 5.78. The maximum atomic E-state index is 9.63. The Bertz CT molecular complexity index is 499. The van der Waals surface area contributed by atoms with Crippen LogP contribution in [0, 0.1) is 0 Å². The lowest BCUT2D eigenvalue weighted by Crippen LogP contribution is -2.26. The Balaban J connectivity index is 1.91. The molecule has 1 atom stereocenters. The summed E-state index contributed by atoms with van der Waals surface area (Å²) in [6.07, 6.45) is 3.44. The SMILES string of the molecule is CCC[C@@H](O)CNCc1ccc2ncccc2c1. The van der Waals surface area contributed by atoms with Gasteiger partial charge in [-0.25, -0.2) is 0 Å². The van der Waals surface area contributed by atoms with Gasteiger partial charge in [0, 0.05) is 24.7 Å². The first-order valence-electron chi connectivity index (χ1n) is 6.52. The van der Waals surface area contributed by atoms with Crippen molar-refractivity contribution < 1.29 is 5.11 Å². The van der Waals surface area contributed by atoms with Crippen molar-refractivity contribution in [2.45, 2.75) is 32.4 Å². The van der Waals surface area contributed by atoms with Crippen LogP contribution >= 0.6 is 0 Å². The zero-order chi connectivity index (χ0) is 12.8. The lowest BCUT2D eigenvalue weighted by molar-refractivity contribution is 0.160. The summed E-state index contributed by atoms with van der Waals surface area (Å²) in [6, 6.07) is 10.3. The second-order valence-corrected chi connectivity index (χ2v) is 4.60. The van der Waals surface area contributed by atoms with Crippen LogP contribution in [-0.4, -0.2) is 22.7 Å². The number of benzene rings is 1. The zero-order valence-electron chi connectivity index (χ0n) is 10.8. The van der Waals surface area contributed by atoms with E-state index in [0.29, 0.717) is 6.54 Å². The highest BCUT2D eigenvalue weighted by Crippen LogP contribution is 2.13. The summed E-state index contributed by atoms with van der Waals surface area (Å²) < 4.78 is 0. The molecule has 96 valence electrons. The molecule has 18 heavy (non-hydrogen) atoms. The number of aliphatic hydroxyl groups is 1. The molecule has 1 aromatic carbocycles. The van der Waals surface area contributed by atoms with Crippen molar-refractivity contribution in [2.24, 2.45) is 0 Å². The molecule has 0 spiro atoms. The Morgan fingerprint density at radius 2 is 2.22 bits per heavy atom. The first-order chi connectivity index (χ1) is 8.79. The minimum Gasteiger partial charge on any atom is -0.392 e. The van der Waals surface area contributed by atoms with Gasteiger partial charge in [0.1, 0.15) is 0 Å². The van der Waals surface area contributed by atoms with Gasteiger partial charge in [-0.3, -0.25) is 4.98 Å². The molecule has 2 aromatic rings. The van der Waals surface area contributed by atoms with E-state index in [9.17, 15) is 5.11 Å². The third kappa shape index (κ3) is 3.52. The molecule has 3 heteroatoms. The van der Waals surface area contributed by atoms with Gasteiger partial charge in [-0.05, 0) is 30.2 Å². The maximum absolute atomic E-state index is 9.63. The number of pyridine rings is 1. The maximum Gasteiger partial charge on any atom is 0.0702 e. The van der Waals surface area contributed by atoms with Gasteiger partial charge in [0.15, 0.2) is 0 Å². The Kier molecular flexibility index (Phi) is 4.67. The molecule has 2 rings (SSSR count). The van der Waals surface area contributed by atoms with Crippen LogP contribution in [0.4, 0.5) is 0 Å². The van der Waals surface area contributed by atoms with Crippen molar-refractivity contribution in [3.8, 4) is 0 Å². The van der Waals surface area contributed by atoms with Gasteiger partial charge in [0.25, 0.3) is 0 Å². The van der Waals surface area contributed by atoms with Crippen LogP contribution in [0.2, 0.25) is 0 Å². The van der Waals surface area contributed by atoms with Crippen LogP contribution in [0.3, 0.4) is 0 Å². The lowest BCUT2D eigenvalue weighted by atomic mass is 10.1. The van der Waals surface area contributed by atoms with Gasteiger partial charge in [0.05, 0.1) is 11.6 Å². The van der Waals surface area contributed by atoms with Crippen LogP contribution in [0.15, 0.2) is 36.5 Å². The minimum atomic E-state index is -0.239. The summed E-state index contributed by atoms with van der Waals surface area (Å²) in [5.41, 5.74) is 2.24. The summed E-state index contributed by atoms with van der Waals surface area (Å²) in [7, 11) is 0. The third-order valence-corrected chi connectivity index (χ3v) is 3.00. The molecule has 0 aliphatic heterocycles. The van der Waals surface area contributed by atoms with Crippen LogP contribution < -0.4 is 5.32 Å². The van der Waals surface area contributed by atoms with E-state index in [1.54, 1.807) is 6.20 Å². The van der Waals surface area contributed by atoms with E-state index >= 15 is 0 Å². The standard InChI is InChI=1S/C15H20N2O/c1-2-4-14(18)11-16-10-12-6-7-15-13(9-12)5-3-8-17-15/h3,5-9,14,16,18H,2,4,10-11H2,1H3/t14-/m1/s1. The lowest BCUT2D eigenvalue weighted by Gasteiger charge is -2.10. The Morgan fingerprint density at radius 3 is 3.06 bits per heavy atom. The van der Waals surface area contributed by atoms with Crippen molar-refractivity contribution in [3.63, 3.8) is 0 Å². The number of hydrogen-bond acceptors (Lipinski definition) is 3. The first kappa shape index (κ1) is 13.0. The molecule has 1 heterocycles. The Morgan fingerprint density at radius 1 is 1.33 bits per heavy atom. The molecule has 0 saturated heterocycles. The molecular weight excluding hydrogens is 224 g/mol. The highest BCUT2D eigenvalue weighted by Gasteiger charge is 2.02. The average molecular weight is 244 g/mol. The predicted octanol–water partition coefficient (Wildman–Crippen LogP) is 2.49. The van der Waals surface area contributed by atoms with Gasteiger partial charge < -0.3 is 10.4 Å². The summed E-state index contributed by atoms with van der Waals surface area (Å²) >= 11 is 0. The van der Waals surface area contributed by atoms with Crippen molar-refractivity contribution in [1.82, 2.24) is 10.3 Å². The number of nitrogens with zero attached hydrogens (tertiary/aromatic N) is 1. The van der Waals surface area contributed by atoms with Crippen LogP contribution in [0.25, 0.3) is 10.9 Å². The average Bonchev–Trinajstić information content (AvgIpc) is 2.39. The Labute approximate surface area is 108 Å². The molecule has 2 N–H and O–H groups in total. The van der Waals surface area contributed by atoms with E-state index in [4.69, 9.17) is 0 Å². The molecule has 0 unspecified atom stereocenters. The van der Waals surface area contributed by atoms with E-state index < -0.39 is 0 Å². The first-order valence-corrected chi connectivity index (χ1v) is 6.52. The number of aliphatic hydroxyl groups excluding tert-OH is 1. The molecule has 0 bridgehead atoms. The fourth-order valence-electron chi connectivity index (χ4n) is 2.05. The van der Waals surface area contributed by atoms with Gasteiger partial charge in [-0.2, -0.15) is 0 Å². The van der Waals surface area contributed by atoms with E-state index in [0.717, 1.165) is 30.3 Å². The minimum absolute atomic E-state index is 0.239. The van der Waals surface area contributed by atoms with Gasteiger partial charge in [-0.15, -0.1) is 0 Å². The summed E-state index contributed by atoms with van der Waals surface area (Å²) in [5.74, 6) is 0. The molecule has 3 nitrogen and oxygen atoms in total. The summed E-state index contributed by atoms with van der Waals surface area (Å²) in [5, 5.41) is 14.1. The predicted molar refractivity (Wildman–Crippen MR) is 74.4 cm³/mol. The number of hydrogen-bond donors (Lipinski definition) is 2. The molecule has 0 fully saturated rings. The second kappa shape index (κ2) is 6.47. The summed E-state index contributed by atoms with van der Waals surface area (Å²) in [4.78, 5) is 4.29. The quantitative estimate of drug-likeness (QED) is 0.820. The zero-order valence-corrected chi connectivity index (χ0v) is 10.8. The molecule has 0 amide bonds. The fourth-order valence-corrected chi connectivity index (χ4v) is 2.05. The second-order valence-electron chi connectivity index (χ2n) is 4.60. The molecular formula is C15H20N2O. The fraction of sp³-hybridized carbons (Fsp3) is 0.400. The normalized spacial score (nSPS) is 12.8. The van der Waals surface area contributed by atoms with Gasteiger partial charge in [0.2, 0.25) is 0 Å². The van der Waals surface area contributed by atoms with E-state index in [2.05, 4.69) is 35.4 Å². The van der Waals surface area contributed by atoms with Crippen LogP contribution in [0.5, 0.6) is 0 Å². The Hall–Kier alpha value is -1.45. The van der Waals surface area contributed by atoms with Gasteiger partial charge in [-0.1, -0.05) is 25.5 Å². The number of nitrogens with one attached hydrogen (secondary N) is 1. The van der Waals surface area contributed by atoms with E-state index in [-0.39, 0.29) is 6.10 Å². The third-order valence-electron chi connectivity index (χ3n) is 3.00. The van der Waals surface area contributed by atoms with Crippen molar-refractivity contribution >= 4 is 10.9 Å². The molecule has 0 aliphatic carbocycles. The topological polar surface area (TPSA) is 45.1 Å². The van der Waals surface area contributed by atoms with Gasteiger partial charge >= 0.3 is 0 Å². The van der Waals surface area contributed by atoms with Crippen molar-refractivity contribution in [2.75, 3.05) is 6.54 Å². The molecule has 0 aliphatic rings. The molecule has 0 saturated carbocycles. The highest BCUT2D eigenvalue weighted by atomic mass is 16.3. The summed E-state index contributed by atoms with van der Waals surface area (Å²) in [6.45, 7) is 3.52. The van der Waals surface area contributed by atoms with E-state index in [1.807, 2.05) is 12.1 Å². The van der Waals surface area contributed by atoms with Crippen molar-refractivity contribution in [3.05, 3.63) is 42.1 Å². The van der Waals surface area contributed by atoms with Crippen LogP contribution in [-0.2, 0) is 6.54 Å². The number of rotatable bonds is 6. The number of aromatic nitrogens is 1. The smallest absolute Gasteiger partial charge is 0.0702 e. The van der Waals surface area contributed by atoms with E-state index in [1.165, 1.54) is 5.56 Å². The number of fused-ring (bicyclic) bond motifs is 1. The van der Waals surface area contributed by atoms with Crippen LogP contribution in [0.1, 0.15) is 25.3 Å². The molecule has 1 aromatic heterocycles. The van der Waals surface area contributed by atoms with Crippen molar-refractivity contribution in [1.29, 1.82) is 0 Å². The molecule has 0 radical (unpaired) electrons. The monoisotopic (exact) mass is 244 g/mol.